The van der Waals surface area contributed by atoms with Crippen molar-refractivity contribution in [3.8, 4) is 0 Å². The lowest BCUT2D eigenvalue weighted by molar-refractivity contribution is 0.0111. The summed E-state index contributed by atoms with van der Waals surface area (Å²) in [7, 11) is 0. The van der Waals surface area contributed by atoms with Crippen LogP contribution < -0.4 is 5.73 Å². The fourth-order valence-corrected chi connectivity index (χ4v) is 2.39. The molecule has 1 heterocycles. The minimum absolute atomic E-state index is 0. The van der Waals surface area contributed by atoms with Crippen LogP contribution in [0.25, 0.3) is 0 Å². The van der Waals surface area contributed by atoms with Crippen molar-refractivity contribution in [2.24, 2.45) is 11.7 Å². The van der Waals surface area contributed by atoms with Gasteiger partial charge in [0.15, 0.2) is 0 Å². The lowest BCUT2D eigenvalue weighted by Gasteiger charge is -2.36. The third-order valence-electron chi connectivity index (χ3n) is 3.49. The summed E-state index contributed by atoms with van der Waals surface area (Å²) < 4.78 is 5.17. The Balaban J connectivity index is 0.00000180. The van der Waals surface area contributed by atoms with E-state index in [-0.39, 0.29) is 18.5 Å². The quantitative estimate of drug-likeness (QED) is 0.927. The molecule has 1 aromatic rings. The molecule has 0 radical (unpaired) electrons. The third kappa shape index (κ3) is 4.73. The first-order valence-corrected chi connectivity index (χ1v) is 6.37. The minimum Gasteiger partial charge on any atom is -0.445 e. The normalized spacial score (nSPS) is 23.4. The van der Waals surface area contributed by atoms with E-state index in [1.807, 2.05) is 18.2 Å². The monoisotopic (exact) mass is 284 g/mol. The van der Waals surface area contributed by atoms with E-state index in [1.165, 1.54) is 5.56 Å². The third-order valence-corrected chi connectivity index (χ3v) is 3.49. The van der Waals surface area contributed by atoms with Crippen molar-refractivity contribution >= 4 is 18.5 Å². The number of carbonyl (C=O) groups excluding carboxylic acids is 1. The molecular formula is C14H21ClN2O2. The topological polar surface area (TPSA) is 55.6 Å². The highest BCUT2D eigenvalue weighted by Crippen LogP contribution is 2.21. The van der Waals surface area contributed by atoms with Crippen molar-refractivity contribution < 1.29 is 9.53 Å². The van der Waals surface area contributed by atoms with Crippen molar-refractivity contribution in [3.05, 3.63) is 35.9 Å². The molecular weight excluding hydrogens is 264 g/mol. The molecule has 2 unspecified atom stereocenters. The predicted molar refractivity (Wildman–Crippen MR) is 77.2 cm³/mol. The number of piperidine rings is 1. The average molecular weight is 285 g/mol. The van der Waals surface area contributed by atoms with E-state index in [1.54, 1.807) is 0 Å². The summed E-state index contributed by atoms with van der Waals surface area (Å²) in [4.78, 5) is 13.2. The molecule has 2 atom stereocenters. The number of likely N-dealkylation sites (tertiary alicyclic amines) is 1. The molecule has 1 aromatic carbocycles. The van der Waals surface area contributed by atoms with Gasteiger partial charge in [0.05, 0.1) is 0 Å². The summed E-state index contributed by atoms with van der Waals surface area (Å²) in [6, 6.07) is 10.3. The Hall–Kier alpha value is -1.26. The highest BCUT2D eigenvalue weighted by Gasteiger charge is 2.28. The largest absolute Gasteiger partial charge is 0.445 e. The Morgan fingerprint density at radius 1 is 1.42 bits per heavy atom. The first-order chi connectivity index (χ1) is 8.65. The minimum atomic E-state index is -0.673. The summed E-state index contributed by atoms with van der Waals surface area (Å²) in [5, 5.41) is 0. The number of rotatable bonds is 3. The Kier molecular flexibility index (Phi) is 6.12. The molecule has 19 heavy (non-hydrogen) atoms. The lowest BCUT2D eigenvalue weighted by Crippen LogP contribution is -2.45. The van der Waals surface area contributed by atoms with Crippen LogP contribution in [0, 0.1) is 5.92 Å². The van der Waals surface area contributed by atoms with Crippen LogP contribution in [-0.2, 0) is 11.3 Å². The van der Waals surface area contributed by atoms with Gasteiger partial charge in [-0.25, -0.2) is 4.79 Å². The van der Waals surface area contributed by atoms with Gasteiger partial charge in [-0.15, -0.1) is 12.4 Å². The Labute approximate surface area is 120 Å². The number of amides is 1. The van der Waals surface area contributed by atoms with Crippen molar-refractivity contribution in [2.45, 2.75) is 26.0 Å². The molecule has 5 heteroatoms. The molecule has 0 spiro atoms. The molecule has 1 saturated heterocycles. The maximum atomic E-state index is 10.9. The number of nitrogens with two attached hydrogens (primary N) is 1. The molecule has 1 fully saturated rings. The first-order valence-electron chi connectivity index (χ1n) is 6.37. The van der Waals surface area contributed by atoms with Crippen LogP contribution in [-0.4, -0.2) is 30.2 Å². The van der Waals surface area contributed by atoms with E-state index >= 15 is 0 Å². The van der Waals surface area contributed by atoms with Crippen LogP contribution in [0.1, 0.15) is 18.9 Å². The molecule has 2 rings (SSSR count). The summed E-state index contributed by atoms with van der Waals surface area (Å²) in [5.41, 5.74) is 6.39. The van der Waals surface area contributed by atoms with Crippen molar-refractivity contribution in [1.82, 2.24) is 4.90 Å². The van der Waals surface area contributed by atoms with Gasteiger partial charge in [-0.3, -0.25) is 4.90 Å². The zero-order chi connectivity index (χ0) is 13.0. The van der Waals surface area contributed by atoms with Crippen molar-refractivity contribution in [2.75, 3.05) is 13.1 Å². The van der Waals surface area contributed by atoms with E-state index in [0.717, 1.165) is 26.1 Å². The second kappa shape index (κ2) is 7.36. The highest BCUT2D eigenvalue weighted by molar-refractivity contribution is 5.85. The number of hydrogen-bond acceptors (Lipinski definition) is 3. The maximum absolute atomic E-state index is 10.9. The van der Waals surface area contributed by atoms with Crippen LogP contribution in [0.3, 0.4) is 0 Å². The van der Waals surface area contributed by atoms with Gasteiger partial charge in [-0.05, 0) is 24.4 Å². The van der Waals surface area contributed by atoms with E-state index in [4.69, 9.17) is 10.5 Å². The van der Waals surface area contributed by atoms with Crippen molar-refractivity contribution in [1.29, 1.82) is 0 Å². The van der Waals surface area contributed by atoms with E-state index < -0.39 is 6.09 Å². The molecule has 0 bridgehead atoms. The summed E-state index contributed by atoms with van der Waals surface area (Å²) in [6.07, 6.45) is 0.276. The molecule has 0 saturated carbocycles. The van der Waals surface area contributed by atoms with Gasteiger partial charge in [-0.1, -0.05) is 37.3 Å². The van der Waals surface area contributed by atoms with E-state index in [9.17, 15) is 4.79 Å². The zero-order valence-electron chi connectivity index (χ0n) is 11.1. The number of halogens is 1. The fraction of sp³-hybridized carbons (Fsp3) is 0.500. The molecule has 0 aromatic heterocycles. The molecule has 1 aliphatic heterocycles. The highest BCUT2D eigenvalue weighted by atomic mass is 35.5. The first kappa shape index (κ1) is 15.8. The standard InChI is InChI=1S/C14H20N2O2.ClH/c1-11-7-8-16(10-13(11)18-14(15)17)9-12-5-3-2-4-6-12;/h2-6,11,13H,7-10H2,1H3,(H2,15,17);1H. The SMILES string of the molecule is CC1CCN(Cc2ccccc2)CC1OC(N)=O.Cl. The predicted octanol–water partition coefficient (Wildman–Crippen LogP) is 2.41. The Morgan fingerprint density at radius 2 is 2.11 bits per heavy atom. The summed E-state index contributed by atoms with van der Waals surface area (Å²) in [5.74, 6) is 0.379. The maximum Gasteiger partial charge on any atom is 0.404 e. The Bertz CT molecular complexity index is 400. The second-order valence-electron chi connectivity index (χ2n) is 4.96. The van der Waals surface area contributed by atoms with Gasteiger partial charge in [0.1, 0.15) is 6.10 Å². The van der Waals surface area contributed by atoms with Gasteiger partial charge < -0.3 is 10.5 Å². The van der Waals surface area contributed by atoms with Gasteiger partial charge in [0, 0.05) is 13.1 Å². The number of carbonyl (C=O) groups is 1. The van der Waals surface area contributed by atoms with Gasteiger partial charge in [0.2, 0.25) is 0 Å². The molecule has 106 valence electrons. The smallest absolute Gasteiger partial charge is 0.404 e. The van der Waals surface area contributed by atoms with Gasteiger partial charge in [0.25, 0.3) is 0 Å². The van der Waals surface area contributed by atoms with Gasteiger partial charge in [-0.2, -0.15) is 0 Å². The number of benzene rings is 1. The molecule has 2 N–H and O–H groups in total. The molecule has 0 aliphatic carbocycles. The lowest BCUT2D eigenvalue weighted by atomic mass is 9.95. The second-order valence-corrected chi connectivity index (χ2v) is 4.96. The molecule has 1 aliphatic rings. The van der Waals surface area contributed by atoms with Crippen LogP contribution >= 0.6 is 12.4 Å². The number of primary amides is 1. The van der Waals surface area contributed by atoms with Gasteiger partial charge >= 0.3 is 6.09 Å². The van der Waals surface area contributed by atoms with Crippen LogP contribution in [0.5, 0.6) is 0 Å². The number of ether oxygens (including phenoxy) is 1. The van der Waals surface area contributed by atoms with Crippen LogP contribution in [0.15, 0.2) is 30.3 Å². The van der Waals surface area contributed by atoms with Crippen LogP contribution in [0.4, 0.5) is 4.79 Å². The Morgan fingerprint density at radius 3 is 2.74 bits per heavy atom. The average Bonchev–Trinajstić information content (AvgIpc) is 2.34. The zero-order valence-corrected chi connectivity index (χ0v) is 11.9. The summed E-state index contributed by atoms with van der Waals surface area (Å²) >= 11 is 0. The summed E-state index contributed by atoms with van der Waals surface area (Å²) in [6.45, 7) is 4.80. The molecule has 1 amide bonds. The molecule has 4 nitrogen and oxygen atoms in total. The van der Waals surface area contributed by atoms with E-state index in [0.29, 0.717) is 5.92 Å². The van der Waals surface area contributed by atoms with Crippen LogP contribution in [0.2, 0.25) is 0 Å². The fourth-order valence-electron chi connectivity index (χ4n) is 2.39. The van der Waals surface area contributed by atoms with Crippen molar-refractivity contribution in [3.63, 3.8) is 0 Å². The number of nitrogens with zero attached hydrogens (tertiary/aromatic N) is 1. The number of hydrogen-bond donors (Lipinski definition) is 1. The van der Waals surface area contributed by atoms with E-state index in [2.05, 4.69) is 24.0 Å².